The Bertz CT molecular complexity index is 816. The lowest BCUT2D eigenvalue weighted by Crippen LogP contribution is -2.15. The first-order valence-corrected chi connectivity index (χ1v) is 6.97. The van der Waals surface area contributed by atoms with Gasteiger partial charge in [-0.3, -0.25) is 4.79 Å². The van der Waals surface area contributed by atoms with Crippen LogP contribution in [0.2, 0.25) is 10.2 Å². The zero-order valence-electron chi connectivity index (χ0n) is 11.1. The van der Waals surface area contributed by atoms with Crippen LogP contribution >= 0.6 is 23.2 Å². The Balaban J connectivity index is 1.89. The van der Waals surface area contributed by atoms with Gasteiger partial charge >= 0.3 is 0 Å². The zero-order chi connectivity index (χ0) is 15.5. The SMILES string of the molecule is O=C(Nc1cccnc1-n1cc(Cl)cn1)c1ccc(Cl)nc1. The Morgan fingerprint density at radius 3 is 2.68 bits per heavy atom. The fourth-order valence-electron chi connectivity index (χ4n) is 1.80. The highest BCUT2D eigenvalue weighted by Gasteiger charge is 2.12. The van der Waals surface area contributed by atoms with Gasteiger partial charge in [-0.2, -0.15) is 5.10 Å². The van der Waals surface area contributed by atoms with Gasteiger partial charge < -0.3 is 5.32 Å². The summed E-state index contributed by atoms with van der Waals surface area (Å²) in [6.45, 7) is 0. The molecule has 0 radical (unpaired) electrons. The quantitative estimate of drug-likeness (QED) is 0.747. The molecule has 3 aromatic rings. The summed E-state index contributed by atoms with van der Waals surface area (Å²) in [6.07, 6.45) is 6.09. The predicted octanol–water partition coefficient (Wildman–Crippen LogP) is 3.22. The van der Waals surface area contributed by atoms with E-state index >= 15 is 0 Å². The van der Waals surface area contributed by atoms with Crippen LogP contribution in [0.25, 0.3) is 5.82 Å². The number of nitrogens with one attached hydrogen (secondary N) is 1. The summed E-state index contributed by atoms with van der Waals surface area (Å²) in [6, 6.07) is 6.57. The number of nitrogens with zero attached hydrogens (tertiary/aromatic N) is 4. The lowest BCUT2D eigenvalue weighted by atomic mass is 10.2. The van der Waals surface area contributed by atoms with E-state index in [9.17, 15) is 4.79 Å². The Kier molecular flexibility index (Phi) is 4.04. The number of hydrogen-bond acceptors (Lipinski definition) is 4. The molecule has 0 saturated heterocycles. The number of pyridine rings is 2. The normalized spacial score (nSPS) is 10.5. The van der Waals surface area contributed by atoms with Gasteiger partial charge in [0.1, 0.15) is 5.15 Å². The standard InChI is InChI=1S/C14H9Cl2N5O/c15-10-7-19-21(8-10)13-11(2-1-5-17-13)20-14(22)9-3-4-12(16)18-6-9/h1-8H,(H,20,22). The van der Waals surface area contributed by atoms with Crippen molar-refractivity contribution in [3.8, 4) is 5.82 Å². The smallest absolute Gasteiger partial charge is 0.257 e. The molecule has 22 heavy (non-hydrogen) atoms. The highest BCUT2D eigenvalue weighted by Crippen LogP contribution is 2.19. The van der Waals surface area contributed by atoms with E-state index < -0.39 is 0 Å². The molecule has 3 heterocycles. The molecule has 0 saturated carbocycles. The molecule has 3 rings (SSSR count). The van der Waals surface area contributed by atoms with Crippen molar-refractivity contribution < 1.29 is 4.79 Å². The van der Waals surface area contributed by atoms with E-state index in [-0.39, 0.29) is 5.91 Å². The third-order valence-corrected chi connectivity index (χ3v) is 3.21. The largest absolute Gasteiger partial charge is 0.319 e. The first-order valence-electron chi connectivity index (χ1n) is 6.22. The van der Waals surface area contributed by atoms with E-state index in [1.165, 1.54) is 17.1 Å². The molecule has 1 N–H and O–H groups in total. The molecule has 1 amide bonds. The van der Waals surface area contributed by atoms with Crippen molar-refractivity contribution in [3.05, 3.63) is 64.8 Å². The van der Waals surface area contributed by atoms with Crippen LogP contribution in [0.5, 0.6) is 0 Å². The summed E-state index contributed by atoms with van der Waals surface area (Å²) in [5, 5.41) is 7.65. The monoisotopic (exact) mass is 333 g/mol. The molecule has 6 nitrogen and oxygen atoms in total. The van der Waals surface area contributed by atoms with Crippen LogP contribution in [0.15, 0.2) is 49.1 Å². The fourth-order valence-corrected chi connectivity index (χ4v) is 2.05. The maximum Gasteiger partial charge on any atom is 0.257 e. The average Bonchev–Trinajstić information content (AvgIpc) is 2.95. The Hall–Kier alpha value is -2.44. The Morgan fingerprint density at radius 2 is 2.00 bits per heavy atom. The van der Waals surface area contributed by atoms with Gasteiger partial charge in [0.05, 0.1) is 28.7 Å². The highest BCUT2D eigenvalue weighted by atomic mass is 35.5. The molecule has 0 aliphatic rings. The summed E-state index contributed by atoms with van der Waals surface area (Å²) in [5.41, 5.74) is 0.889. The summed E-state index contributed by atoms with van der Waals surface area (Å²) in [4.78, 5) is 20.3. The molecule has 0 atom stereocenters. The molecule has 0 fully saturated rings. The van der Waals surface area contributed by atoms with Crippen molar-refractivity contribution in [1.29, 1.82) is 0 Å². The number of hydrogen-bond donors (Lipinski definition) is 1. The number of halogens is 2. The minimum Gasteiger partial charge on any atom is -0.319 e. The summed E-state index contributed by atoms with van der Waals surface area (Å²) < 4.78 is 1.48. The second-order valence-corrected chi connectivity index (χ2v) is 5.13. The van der Waals surface area contributed by atoms with Crippen LogP contribution in [-0.2, 0) is 0 Å². The van der Waals surface area contributed by atoms with Gasteiger partial charge in [0.2, 0.25) is 0 Å². The van der Waals surface area contributed by atoms with Crippen molar-refractivity contribution in [2.24, 2.45) is 0 Å². The maximum atomic E-state index is 12.2. The lowest BCUT2D eigenvalue weighted by Gasteiger charge is -2.09. The molecule has 0 bridgehead atoms. The third kappa shape index (κ3) is 3.08. The number of anilines is 1. The molecule has 0 spiro atoms. The van der Waals surface area contributed by atoms with E-state index in [4.69, 9.17) is 23.2 Å². The molecular formula is C14H9Cl2N5O. The van der Waals surface area contributed by atoms with Gasteiger partial charge in [-0.05, 0) is 24.3 Å². The summed E-state index contributed by atoms with van der Waals surface area (Å²) in [5.74, 6) is 0.140. The van der Waals surface area contributed by atoms with Gasteiger partial charge in [-0.25, -0.2) is 14.6 Å². The van der Waals surface area contributed by atoms with Crippen LogP contribution < -0.4 is 5.32 Å². The van der Waals surface area contributed by atoms with E-state index in [2.05, 4.69) is 20.4 Å². The van der Waals surface area contributed by atoms with Crippen LogP contribution in [0.3, 0.4) is 0 Å². The third-order valence-electron chi connectivity index (χ3n) is 2.79. The van der Waals surface area contributed by atoms with E-state index in [0.717, 1.165) is 0 Å². The van der Waals surface area contributed by atoms with E-state index in [1.807, 2.05) is 0 Å². The molecule has 3 aromatic heterocycles. The number of carbonyl (C=O) groups is 1. The van der Waals surface area contributed by atoms with Crippen LogP contribution in [0.1, 0.15) is 10.4 Å². The lowest BCUT2D eigenvalue weighted by molar-refractivity contribution is 0.102. The highest BCUT2D eigenvalue weighted by molar-refractivity contribution is 6.30. The molecular weight excluding hydrogens is 325 g/mol. The first kappa shape index (κ1) is 14.5. The molecule has 0 aliphatic carbocycles. The number of rotatable bonds is 3. The van der Waals surface area contributed by atoms with Crippen molar-refractivity contribution in [2.45, 2.75) is 0 Å². The van der Waals surface area contributed by atoms with Crippen molar-refractivity contribution >= 4 is 34.8 Å². The predicted molar refractivity (Wildman–Crippen MR) is 83.6 cm³/mol. The summed E-state index contributed by atoms with van der Waals surface area (Å²) >= 11 is 11.6. The minimum absolute atomic E-state index is 0.323. The van der Waals surface area contributed by atoms with Crippen molar-refractivity contribution in [1.82, 2.24) is 19.7 Å². The fraction of sp³-hybridized carbons (Fsp3) is 0. The van der Waals surface area contributed by atoms with Crippen LogP contribution in [0.4, 0.5) is 5.69 Å². The summed E-state index contributed by atoms with van der Waals surface area (Å²) in [7, 11) is 0. The number of aromatic nitrogens is 4. The molecule has 8 heteroatoms. The molecule has 110 valence electrons. The van der Waals surface area contributed by atoms with Gasteiger partial charge in [-0.1, -0.05) is 23.2 Å². The Labute approximate surface area is 135 Å². The van der Waals surface area contributed by atoms with Crippen LogP contribution in [-0.4, -0.2) is 25.7 Å². The van der Waals surface area contributed by atoms with Gasteiger partial charge in [0.15, 0.2) is 5.82 Å². The number of amides is 1. The molecule has 0 unspecified atom stereocenters. The first-order chi connectivity index (χ1) is 10.6. The molecule has 0 aliphatic heterocycles. The zero-order valence-corrected chi connectivity index (χ0v) is 12.6. The van der Waals surface area contributed by atoms with Crippen molar-refractivity contribution in [2.75, 3.05) is 5.32 Å². The topological polar surface area (TPSA) is 72.7 Å². The second kappa shape index (κ2) is 6.13. The van der Waals surface area contributed by atoms with E-state index in [1.54, 1.807) is 36.7 Å². The average molecular weight is 334 g/mol. The van der Waals surface area contributed by atoms with E-state index in [0.29, 0.717) is 27.2 Å². The molecule has 0 aromatic carbocycles. The second-order valence-electron chi connectivity index (χ2n) is 4.30. The van der Waals surface area contributed by atoms with Gasteiger partial charge in [0, 0.05) is 12.4 Å². The minimum atomic E-state index is -0.323. The van der Waals surface area contributed by atoms with Crippen molar-refractivity contribution in [3.63, 3.8) is 0 Å². The Morgan fingerprint density at radius 1 is 1.14 bits per heavy atom. The van der Waals surface area contributed by atoms with Gasteiger partial charge in [-0.15, -0.1) is 0 Å². The van der Waals surface area contributed by atoms with Gasteiger partial charge in [0.25, 0.3) is 5.91 Å². The number of carbonyl (C=O) groups excluding carboxylic acids is 1. The van der Waals surface area contributed by atoms with Crippen LogP contribution in [0, 0.1) is 0 Å². The maximum absolute atomic E-state index is 12.2.